The summed E-state index contributed by atoms with van der Waals surface area (Å²) >= 11 is 5.75. The van der Waals surface area contributed by atoms with Gasteiger partial charge in [-0.05, 0) is 56.4 Å². The fraction of sp³-hybridized carbons (Fsp3) is 0.478. The van der Waals surface area contributed by atoms with Crippen LogP contribution < -0.4 is 10.2 Å². The molecule has 1 aromatic carbocycles. The number of pyridine rings is 1. The molecule has 2 aliphatic heterocycles. The van der Waals surface area contributed by atoms with Gasteiger partial charge < -0.3 is 10.2 Å². The van der Waals surface area contributed by atoms with E-state index in [9.17, 15) is 17.6 Å². The first-order valence-electron chi connectivity index (χ1n) is 11.3. The molecule has 2 aromatic rings. The van der Waals surface area contributed by atoms with Crippen LogP contribution in [-0.2, 0) is 21.4 Å². The Labute approximate surface area is 199 Å². The van der Waals surface area contributed by atoms with Gasteiger partial charge in [-0.3, -0.25) is 4.79 Å². The van der Waals surface area contributed by atoms with Crippen LogP contribution in [0.15, 0.2) is 41.4 Å². The Morgan fingerprint density at radius 3 is 2.55 bits per heavy atom. The van der Waals surface area contributed by atoms with Crippen molar-refractivity contribution in [3.05, 3.63) is 52.9 Å². The predicted octanol–water partition coefficient (Wildman–Crippen LogP) is 3.58. The smallest absolute Gasteiger partial charge is 0.243 e. The summed E-state index contributed by atoms with van der Waals surface area (Å²) in [5, 5.41) is 2.78. The van der Waals surface area contributed by atoms with Crippen molar-refractivity contribution in [3.63, 3.8) is 0 Å². The van der Waals surface area contributed by atoms with Crippen LogP contribution in [-0.4, -0.2) is 49.8 Å². The number of hydrogen-bond donors (Lipinski definition) is 1. The Balaban J connectivity index is 1.33. The summed E-state index contributed by atoms with van der Waals surface area (Å²) in [5.41, 5.74) is 0.987. The lowest BCUT2D eigenvalue weighted by atomic mass is 9.97. The first-order valence-corrected chi connectivity index (χ1v) is 13.1. The third-order valence-corrected chi connectivity index (χ3v) is 8.51. The molecular formula is C23H28ClFN4O3S. The number of halogens is 2. The Morgan fingerprint density at radius 1 is 1.12 bits per heavy atom. The number of piperidine rings is 2. The van der Waals surface area contributed by atoms with Gasteiger partial charge in [0, 0.05) is 50.4 Å². The lowest BCUT2D eigenvalue weighted by molar-refractivity contribution is -0.126. The molecule has 0 radical (unpaired) electrons. The van der Waals surface area contributed by atoms with Gasteiger partial charge in [-0.1, -0.05) is 17.7 Å². The van der Waals surface area contributed by atoms with Gasteiger partial charge in [0.05, 0.1) is 9.92 Å². The van der Waals surface area contributed by atoms with Gasteiger partial charge in [0.25, 0.3) is 0 Å². The van der Waals surface area contributed by atoms with Gasteiger partial charge in [0.1, 0.15) is 11.6 Å². The molecule has 2 saturated heterocycles. The number of carbonyl (C=O) groups is 1. The van der Waals surface area contributed by atoms with Crippen LogP contribution in [0.2, 0.25) is 5.02 Å². The van der Waals surface area contributed by atoms with Crippen molar-refractivity contribution < 1.29 is 17.6 Å². The SMILES string of the molecule is O=C(NCc1cccnc1N1CCCCC1)C1CCN(S(=O)(=O)c2ccc(F)c(Cl)c2)CC1. The molecule has 1 aromatic heterocycles. The van der Waals surface area contributed by atoms with Crippen LogP contribution in [0.1, 0.15) is 37.7 Å². The number of amides is 1. The zero-order valence-corrected chi connectivity index (χ0v) is 19.9. The third kappa shape index (κ3) is 5.47. The number of benzene rings is 1. The second kappa shape index (κ2) is 10.4. The van der Waals surface area contributed by atoms with Crippen LogP contribution >= 0.6 is 11.6 Å². The number of sulfonamides is 1. The zero-order chi connectivity index (χ0) is 23.4. The molecule has 4 rings (SSSR count). The molecule has 1 N–H and O–H groups in total. The molecule has 0 spiro atoms. The largest absolute Gasteiger partial charge is 0.356 e. The second-order valence-corrected chi connectivity index (χ2v) is 10.9. The summed E-state index contributed by atoms with van der Waals surface area (Å²) < 4.78 is 40.4. The van der Waals surface area contributed by atoms with Crippen LogP contribution in [0.3, 0.4) is 0 Å². The fourth-order valence-corrected chi connectivity index (χ4v) is 6.17. The average Bonchev–Trinajstić information content (AvgIpc) is 2.85. The Kier molecular flexibility index (Phi) is 7.51. The Bertz CT molecular complexity index is 1100. The molecule has 2 fully saturated rings. The first-order chi connectivity index (χ1) is 15.9. The monoisotopic (exact) mass is 494 g/mol. The number of carbonyl (C=O) groups excluding carboxylic acids is 1. The van der Waals surface area contributed by atoms with E-state index in [1.54, 1.807) is 6.20 Å². The molecule has 1 amide bonds. The molecule has 0 saturated carbocycles. The van der Waals surface area contributed by atoms with E-state index in [0.29, 0.717) is 19.4 Å². The van der Waals surface area contributed by atoms with Crippen LogP contribution in [0, 0.1) is 11.7 Å². The standard InChI is InChI=1S/C23H28ClFN4O3S/c24-20-15-19(6-7-21(20)25)33(31,32)29-13-8-17(9-14-29)23(30)27-16-18-5-4-10-26-22(18)28-11-2-1-3-12-28/h4-7,10,15,17H,1-3,8-9,11-14,16H2,(H,27,30). The minimum atomic E-state index is -3.79. The van der Waals surface area contributed by atoms with E-state index in [4.69, 9.17) is 11.6 Å². The van der Waals surface area contributed by atoms with Crippen molar-refractivity contribution in [2.45, 2.75) is 43.5 Å². The van der Waals surface area contributed by atoms with Gasteiger partial charge in [-0.25, -0.2) is 17.8 Å². The maximum absolute atomic E-state index is 13.4. The van der Waals surface area contributed by atoms with Gasteiger partial charge in [0.15, 0.2) is 0 Å². The predicted molar refractivity (Wildman–Crippen MR) is 125 cm³/mol. The molecule has 7 nitrogen and oxygen atoms in total. The molecule has 178 valence electrons. The number of rotatable bonds is 6. The summed E-state index contributed by atoms with van der Waals surface area (Å²) in [5.74, 6) is -0.0758. The first kappa shape index (κ1) is 23.9. The van der Waals surface area contributed by atoms with E-state index in [2.05, 4.69) is 15.2 Å². The van der Waals surface area contributed by atoms with Crippen molar-refractivity contribution in [2.75, 3.05) is 31.1 Å². The molecule has 0 unspecified atom stereocenters. The number of nitrogens with zero attached hydrogens (tertiary/aromatic N) is 3. The highest BCUT2D eigenvalue weighted by Gasteiger charge is 2.32. The number of nitrogens with one attached hydrogen (secondary N) is 1. The summed E-state index contributed by atoms with van der Waals surface area (Å²) in [4.78, 5) is 19.6. The number of hydrogen-bond acceptors (Lipinski definition) is 5. The van der Waals surface area contributed by atoms with E-state index in [1.807, 2.05) is 12.1 Å². The van der Waals surface area contributed by atoms with Crippen LogP contribution in [0.4, 0.5) is 10.2 Å². The summed E-state index contributed by atoms with van der Waals surface area (Å²) in [6, 6.07) is 7.24. The second-order valence-electron chi connectivity index (χ2n) is 8.51. The van der Waals surface area contributed by atoms with Crippen molar-refractivity contribution in [1.82, 2.24) is 14.6 Å². The Morgan fingerprint density at radius 2 is 1.85 bits per heavy atom. The van der Waals surface area contributed by atoms with E-state index >= 15 is 0 Å². The molecule has 2 aliphatic rings. The van der Waals surface area contributed by atoms with Gasteiger partial charge in [0.2, 0.25) is 15.9 Å². The summed E-state index contributed by atoms with van der Waals surface area (Å²) in [6.45, 7) is 2.79. The van der Waals surface area contributed by atoms with Crippen molar-refractivity contribution in [3.8, 4) is 0 Å². The topological polar surface area (TPSA) is 82.6 Å². The van der Waals surface area contributed by atoms with Gasteiger partial charge in [-0.15, -0.1) is 0 Å². The van der Waals surface area contributed by atoms with Gasteiger partial charge in [-0.2, -0.15) is 4.31 Å². The fourth-order valence-electron chi connectivity index (χ4n) is 4.43. The number of anilines is 1. The molecule has 0 atom stereocenters. The molecule has 0 aliphatic carbocycles. The lowest BCUT2D eigenvalue weighted by Gasteiger charge is -2.31. The average molecular weight is 495 g/mol. The van der Waals surface area contributed by atoms with Crippen molar-refractivity contribution in [1.29, 1.82) is 0 Å². The van der Waals surface area contributed by atoms with Gasteiger partial charge >= 0.3 is 0 Å². The van der Waals surface area contributed by atoms with E-state index in [-0.39, 0.29) is 34.8 Å². The maximum Gasteiger partial charge on any atom is 0.243 e. The quantitative estimate of drug-likeness (QED) is 0.663. The highest BCUT2D eigenvalue weighted by atomic mass is 35.5. The molecule has 3 heterocycles. The maximum atomic E-state index is 13.4. The number of aromatic nitrogens is 1. The molecule has 10 heteroatoms. The lowest BCUT2D eigenvalue weighted by Crippen LogP contribution is -2.43. The summed E-state index contributed by atoms with van der Waals surface area (Å²) in [7, 11) is -3.79. The minimum Gasteiger partial charge on any atom is -0.356 e. The molecule has 33 heavy (non-hydrogen) atoms. The molecular weight excluding hydrogens is 467 g/mol. The van der Waals surface area contributed by atoms with Crippen LogP contribution in [0.25, 0.3) is 0 Å². The van der Waals surface area contributed by atoms with E-state index in [0.717, 1.165) is 49.4 Å². The summed E-state index contributed by atoms with van der Waals surface area (Å²) in [6.07, 6.45) is 6.15. The normalized spacial score (nSPS) is 18.3. The molecule has 0 bridgehead atoms. The highest BCUT2D eigenvalue weighted by molar-refractivity contribution is 7.89. The van der Waals surface area contributed by atoms with E-state index < -0.39 is 15.8 Å². The van der Waals surface area contributed by atoms with Crippen molar-refractivity contribution >= 4 is 33.3 Å². The Hall–Kier alpha value is -2.23. The van der Waals surface area contributed by atoms with Crippen molar-refractivity contribution in [2.24, 2.45) is 5.92 Å². The minimum absolute atomic E-state index is 0.0429. The third-order valence-electron chi connectivity index (χ3n) is 6.33. The zero-order valence-electron chi connectivity index (χ0n) is 18.3. The van der Waals surface area contributed by atoms with Crippen LogP contribution in [0.5, 0.6) is 0 Å². The van der Waals surface area contributed by atoms with E-state index in [1.165, 1.54) is 16.8 Å². The highest BCUT2D eigenvalue weighted by Crippen LogP contribution is 2.27.